The predicted octanol–water partition coefficient (Wildman–Crippen LogP) is 2.56. The van der Waals surface area contributed by atoms with Crippen molar-refractivity contribution in [2.24, 2.45) is 11.7 Å². The van der Waals surface area contributed by atoms with Crippen molar-refractivity contribution < 1.29 is 4.74 Å². The lowest BCUT2D eigenvalue weighted by Gasteiger charge is -2.13. The summed E-state index contributed by atoms with van der Waals surface area (Å²) in [4.78, 5) is 4.12. The molecule has 0 unspecified atom stereocenters. The summed E-state index contributed by atoms with van der Waals surface area (Å²) in [6, 6.07) is 3.89. The molecule has 0 aliphatic carbocycles. The van der Waals surface area contributed by atoms with Crippen LogP contribution in [0.15, 0.2) is 18.3 Å². The molecule has 0 aliphatic heterocycles. The smallest absolute Gasteiger partial charge is 0.212 e. The number of halogens is 1. The number of nitrogens with two attached hydrogens (primary N) is 1. The first-order valence-electron chi connectivity index (χ1n) is 4.89. The molecule has 1 atom stereocenters. The van der Waals surface area contributed by atoms with E-state index in [1.54, 1.807) is 13.3 Å². The van der Waals surface area contributed by atoms with Crippen molar-refractivity contribution in [3.05, 3.63) is 23.9 Å². The van der Waals surface area contributed by atoms with Gasteiger partial charge in [0.1, 0.15) is 0 Å². The molecule has 86 valence electrons. The van der Waals surface area contributed by atoms with E-state index in [9.17, 15) is 0 Å². The van der Waals surface area contributed by atoms with E-state index >= 15 is 0 Å². The van der Waals surface area contributed by atoms with Gasteiger partial charge in [-0.3, -0.25) is 0 Å². The van der Waals surface area contributed by atoms with Gasteiger partial charge in [0, 0.05) is 18.3 Å². The van der Waals surface area contributed by atoms with Crippen LogP contribution in [0.3, 0.4) is 0 Å². The van der Waals surface area contributed by atoms with Crippen LogP contribution in [0.1, 0.15) is 31.9 Å². The third-order valence-corrected chi connectivity index (χ3v) is 2.12. The molecule has 15 heavy (non-hydrogen) atoms. The molecule has 1 aromatic rings. The Balaban J connectivity index is 0.00000196. The van der Waals surface area contributed by atoms with Crippen molar-refractivity contribution in [2.75, 3.05) is 7.11 Å². The third-order valence-electron chi connectivity index (χ3n) is 2.12. The Morgan fingerprint density at radius 2 is 2.07 bits per heavy atom. The Bertz CT molecular complexity index is 274. The van der Waals surface area contributed by atoms with Crippen LogP contribution in [-0.2, 0) is 0 Å². The fourth-order valence-corrected chi connectivity index (χ4v) is 1.38. The summed E-state index contributed by atoms with van der Waals surface area (Å²) in [5.41, 5.74) is 7.08. The van der Waals surface area contributed by atoms with E-state index < -0.39 is 0 Å². The van der Waals surface area contributed by atoms with Crippen LogP contribution in [0.5, 0.6) is 5.88 Å². The molecular weight excluding hydrogens is 212 g/mol. The molecule has 0 aromatic carbocycles. The highest BCUT2D eigenvalue weighted by Crippen LogP contribution is 2.19. The first-order chi connectivity index (χ1) is 6.63. The number of nitrogens with zero attached hydrogens (tertiary/aromatic N) is 1. The van der Waals surface area contributed by atoms with Gasteiger partial charge < -0.3 is 10.5 Å². The van der Waals surface area contributed by atoms with Gasteiger partial charge in [0.15, 0.2) is 0 Å². The van der Waals surface area contributed by atoms with Gasteiger partial charge in [-0.1, -0.05) is 19.9 Å². The van der Waals surface area contributed by atoms with E-state index in [1.807, 2.05) is 12.1 Å². The fourth-order valence-electron chi connectivity index (χ4n) is 1.38. The molecule has 2 N–H and O–H groups in total. The Morgan fingerprint density at radius 3 is 2.47 bits per heavy atom. The number of hydrogen-bond donors (Lipinski definition) is 1. The minimum absolute atomic E-state index is 0. The van der Waals surface area contributed by atoms with E-state index in [0.717, 1.165) is 12.0 Å². The molecule has 1 heterocycles. The van der Waals surface area contributed by atoms with Gasteiger partial charge in [-0.25, -0.2) is 4.98 Å². The summed E-state index contributed by atoms with van der Waals surface area (Å²) in [7, 11) is 1.61. The zero-order chi connectivity index (χ0) is 10.6. The number of hydrogen-bond acceptors (Lipinski definition) is 3. The highest BCUT2D eigenvalue weighted by molar-refractivity contribution is 5.85. The van der Waals surface area contributed by atoms with Crippen LogP contribution in [0.2, 0.25) is 0 Å². The maximum Gasteiger partial charge on any atom is 0.212 e. The molecule has 1 rings (SSSR count). The molecule has 0 radical (unpaired) electrons. The lowest BCUT2D eigenvalue weighted by molar-refractivity contribution is 0.397. The standard InChI is InChI=1S/C11H18N2O.ClH/c1-8(2)6-10(12)9-4-5-11(14-3)13-7-9;/h4-5,7-8,10H,6,12H2,1-3H3;1H/t10-;/m0./s1. The van der Waals surface area contributed by atoms with Crippen LogP contribution in [0.25, 0.3) is 0 Å². The molecule has 0 aliphatic rings. The number of rotatable bonds is 4. The third kappa shape index (κ3) is 4.49. The Kier molecular flexibility index (Phi) is 6.29. The van der Waals surface area contributed by atoms with Gasteiger partial charge in [-0.05, 0) is 17.9 Å². The van der Waals surface area contributed by atoms with Crippen LogP contribution in [0, 0.1) is 5.92 Å². The van der Waals surface area contributed by atoms with Crippen molar-refractivity contribution in [2.45, 2.75) is 26.3 Å². The topological polar surface area (TPSA) is 48.1 Å². The number of methoxy groups -OCH3 is 1. The summed E-state index contributed by atoms with van der Waals surface area (Å²) in [6.45, 7) is 4.33. The molecule has 4 heteroatoms. The normalized spacial score (nSPS) is 12.1. The maximum atomic E-state index is 6.01. The Labute approximate surface area is 97.4 Å². The fraction of sp³-hybridized carbons (Fsp3) is 0.545. The van der Waals surface area contributed by atoms with Gasteiger partial charge in [0.25, 0.3) is 0 Å². The summed E-state index contributed by atoms with van der Waals surface area (Å²) in [6.07, 6.45) is 2.76. The molecular formula is C11H19ClN2O. The summed E-state index contributed by atoms with van der Waals surface area (Å²) >= 11 is 0. The average molecular weight is 231 g/mol. The van der Waals surface area contributed by atoms with E-state index in [2.05, 4.69) is 18.8 Å². The highest BCUT2D eigenvalue weighted by Gasteiger charge is 2.08. The maximum absolute atomic E-state index is 6.01. The summed E-state index contributed by atoms with van der Waals surface area (Å²) < 4.78 is 4.98. The Hall–Kier alpha value is -0.800. The zero-order valence-electron chi connectivity index (χ0n) is 9.43. The van der Waals surface area contributed by atoms with Gasteiger partial charge in [-0.15, -0.1) is 12.4 Å². The molecule has 0 saturated heterocycles. The lowest BCUT2D eigenvalue weighted by Crippen LogP contribution is -2.13. The summed E-state index contributed by atoms with van der Waals surface area (Å²) in [5, 5.41) is 0. The van der Waals surface area contributed by atoms with E-state index in [4.69, 9.17) is 10.5 Å². The lowest BCUT2D eigenvalue weighted by atomic mass is 9.99. The van der Waals surface area contributed by atoms with Crippen LogP contribution in [-0.4, -0.2) is 12.1 Å². The molecule has 0 fully saturated rings. The molecule has 0 saturated carbocycles. The molecule has 1 aromatic heterocycles. The monoisotopic (exact) mass is 230 g/mol. The van der Waals surface area contributed by atoms with E-state index in [-0.39, 0.29) is 18.4 Å². The molecule has 0 bridgehead atoms. The molecule has 0 spiro atoms. The highest BCUT2D eigenvalue weighted by atomic mass is 35.5. The average Bonchev–Trinajstić information content (AvgIpc) is 2.17. The number of pyridine rings is 1. The van der Waals surface area contributed by atoms with Crippen molar-refractivity contribution in [3.8, 4) is 5.88 Å². The summed E-state index contributed by atoms with van der Waals surface area (Å²) in [5.74, 6) is 1.23. The minimum Gasteiger partial charge on any atom is -0.481 e. The molecule has 3 nitrogen and oxygen atoms in total. The molecule has 0 amide bonds. The van der Waals surface area contributed by atoms with Crippen LogP contribution < -0.4 is 10.5 Å². The first kappa shape index (κ1) is 14.2. The minimum atomic E-state index is 0. The van der Waals surface area contributed by atoms with Crippen molar-refractivity contribution in [1.29, 1.82) is 0 Å². The second-order valence-corrected chi connectivity index (χ2v) is 3.87. The SMILES string of the molecule is COc1ccc([C@@H](N)CC(C)C)cn1.Cl. The van der Waals surface area contributed by atoms with Crippen LogP contribution in [0.4, 0.5) is 0 Å². The van der Waals surface area contributed by atoms with Gasteiger partial charge in [0.2, 0.25) is 5.88 Å². The van der Waals surface area contributed by atoms with E-state index in [1.165, 1.54) is 0 Å². The van der Waals surface area contributed by atoms with Gasteiger partial charge in [0.05, 0.1) is 7.11 Å². The number of aromatic nitrogens is 1. The van der Waals surface area contributed by atoms with E-state index in [0.29, 0.717) is 11.8 Å². The first-order valence-corrected chi connectivity index (χ1v) is 4.89. The van der Waals surface area contributed by atoms with Gasteiger partial charge in [-0.2, -0.15) is 0 Å². The largest absolute Gasteiger partial charge is 0.481 e. The Morgan fingerprint density at radius 1 is 1.40 bits per heavy atom. The van der Waals surface area contributed by atoms with Crippen molar-refractivity contribution in [3.63, 3.8) is 0 Å². The predicted molar refractivity (Wildman–Crippen MR) is 64.4 cm³/mol. The van der Waals surface area contributed by atoms with Gasteiger partial charge >= 0.3 is 0 Å². The van der Waals surface area contributed by atoms with Crippen LogP contribution >= 0.6 is 12.4 Å². The zero-order valence-corrected chi connectivity index (χ0v) is 10.3. The second-order valence-electron chi connectivity index (χ2n) is 3.87. The quantitative estimate of drug-likeness (QED) is 0.865. The van der Waals surface area contributed by atoms with Crippen molar-refractivity contribution in [1.82, 2.24) is 4.98 Å². The van der Waals surface area contributed by atoms with Crippen molar-refractivity contribution >= 4 is 12.4 Å². The number of ether oxygens (including phenoxy) is 1. The second kappa shape index (κ2) is 6.64.